The monoisotopic (exact) mass is 257 g/mol. The standard InChI is InChI=1S/C17H23NO/c1-12-11-18-10-9-14(12)17(19)16-8-3-2-7-15(16)13-5-4-6-13/h2-3,7-8,12-14,18H,4-6,9-11H2,1H3. The first-order chi connectivity index (χ1) is 9.27. The van der Waals surface area contributed by atoms with E-state index in [9.17, 15) is 4.79 Å². The SMILES string of the molecule is CC1CNCCC1C(=O)c1ccccc1C1CCC1. The zero-order chi connectivity index (χ0) is 13.2. The molecule has 2 nitrogen and oxygen atoms in total. The molecule has 0 amide bonds. The van der Waals surface area contributed by atoms with Crippen molar-refractivity contribution in [3.63, 3.8) is 0 Å². The minimum atomic E-state index is 0.211. The molecular formula is C17H23NO. The molecule has 1 aliphatic carbocycles. The summed E-state index contributed by atoms with van der Waals surface area (Å²) in [6.07, 6.45) is 4.81. The molecule has 2 fully saturated rings. The third-order valence-corrected chi connectivity index (χ3v) is 4.89. The van der Waals surface area contributed by atoms with Crippen molar-refractivity contribution in [2.24, 2.45) is 11.8 Å². The van der Waals surface area contributed by atoms with Gasteiger partial charge in [0.1, 0.15) is 0 Å². The molecule has 102 valence electrons. The molecule has 0 spiro atoms. The van der Waals surface area contributed by atoms with Crippen LogP contribution in [-0.4, -0.2) is 18.9 Å². The average Bonchev–Trinajstić information content (AvgIpc) is 2.37. The van der Waals surface area contributed by atoms with E-state index >= 15 is 0 Å². The fourth-order valence-corrected chi connectivity index (χ4v) is 3.40. The minimum absolute atomic E-state index is 0.211. The van der Waals surface area contributed by atoms with Gasteiger partial charge < -0.3 is 5.32 Å². The Labute approximate surface area is 115 Å². The first kappa shape index (κ1) is 12.9. The van der Waals surface area contributed by atoms with Gasteiger partial charge in [0.25, 0.3) is 0 Å². The number of ketones is 1. The van der Waals surface area contributed by atoms with Crippen molar-refractivity contribution in [1.82, 2.24) is 5.32 Å². The van der Waals surface area contributed by atoms with Crippen LogP contribution in [-0.2, 0) is 0 Å². The first-order valence-electron chi connectivity index (χ1n) is 7.61. The van der Waals surface area contributed by atoms with E-state index in [1.54, 1.807) is 0 Å². The van der Waals surface area contributed by atoms with Gasteiger partial charge in [-0.3, -0.25) is 4.79 Å². The largest absolute Gasteiger partial charge is 0.316 e. The van der Waals surface area contributed by atoms with Crippen LogP contribution in [0.5, 0.6) is 0 Å². The van der Waals surface area contributed by atoms with Gasteiger partial charge in [-0.2, -0.15) is 0 Å². The summed E-state index contributed by atoms with van der Waals surface area (Å²) in [6, 6.07) is 8.31. The summed E-state index contributed by atoms with van der Waals surface area (Å²) in [5, 5.41) is 3.38. The molecule has 2 unspecified atom stereocenters. The van der Waals surface area contributed by atoms with Crippen LogP contribution in [0.15, 0.2) is 24.3 Å². The van der Waals surface area contributed by atoms with Crippen molar-refractivity contribution in [2.75, 3.05) is 13.1 Å². The molecule has 1 aromatic rings. The average molecular weight is 257 g/mol. The molecule has 1 heterocycles. The van der Waals surface area contributed by atoms with Crippen LogP contribution in [0, 0.1) is 11.8 Å². The van der Waals surface area contributed by atoms with Gasteiger partial charge in [-0.05, 0) is 49.8 Å². The van der Waals surface area contributed by atoms with Crippen LogP contribution < -0.4 is 5.32 Å². The Morgan fingerprint density at radius 1 is 1.21 bits per heavy atom. The van der Waals surface area contributed by atoms with Crippen molar-refractivity contribution in [1.29, 1.82) is 0 Å². The van der Waals surface area contributed by atoms with E-state index in [-0.39, 0.29) is 5.92 Å². The number of carbonyl (C=O) groups excluding carboxylic acids is 1. The van der Waals surface area contributed by atoms with Crippen molar-refractivity contribution in [3.8, 4) is 0 Å². The van der Waals surface area contributed by atoms with Gasteiger partial charge in [0, 0.05) is 11.5 Å². The molecule has 0 bridgehead atoms. The van der Waals surface area contributed by atoms with Crippen LogP contribution in [0.4, 0.5) is 0 Å². The lowest BCUT2D eigenvalue weighted by molar-refractivity contribution is 0.0846. The molecular weight excluding hydrogens is 234 g/mol. The molecule has 2 atom stereocenters. The lowest BCUT2D eigenvalue weighted by atomic mass is 9.74. The van der Waals surface area contributed by atoms with Gasteiger partial charge in [0.05, 0.1) is 0 Å². The van der Waals surface area contributed by atoms with Crippen molar-refractivity contribution >= 4 is 5.78 Å². The molecule has 1 N–H and O–H groups in total. The van der Waals surface area contributed by atoms with E-state index in [0.717, 1.165) is 25.1 Å². The number of nitrogens with one attached hydrogen (secondary N) is 1. The smallest absolute Gasteiger partial charge is 0.166 e. The summed E-state index contributed by atoms with van der Waals surface area (Å²) in [5.41, 5.74) is 2.32. The summed E-state index contributed by atoms with van der Waals surface area (Å²) in [7, 11) is 0. The minimum Gasteiger partial charge on any atom is -0.316 e. The number of hydrogen-bond donors (Lipinski definition) is 1. The Kier molecular flexibility index (Phi) is 3.69. The second kappa shape index (κ2) is 5.46. The number of hydrogen-bond acceptors (Lipinski definition) is 2. The molecule has 3 rings (SSSR count). The normalized spacial score (nSPS) is 27.8. The van der Waals surface area contributed by atoms with Gasteiger partial charge >= 0.3 is 0 Å². The topological polar surface area (TPSA) is 29.1 Å². The molecule has 1 aliphatic heterocycles. The molecule has 1 aromatic carbocycles. The van der Waals surface area contributed by atoms with Crippen LogP contribution in [0.1, 0.15) is 54.4 Å². The molecule has 2 heteroatoms. The maximum Gasteiger partial charge on any atom is 0.166 e. The Bertz CT molecular complexity index is 464. The summed E-state index contributed by atoms with van der Waals surface area (Å²) in [4.78, 5) is 12.8. The highest BCUT2D eigenvalue weighted by Crippen LogP contribution is 2.39. The van der Waals surface area contributed by atoms with E-state index in [4.69, 9.17) is 0 Å². The molecule has 1 saturated carbocycles. The van der Waals surface area contributed by atoms with Gasteiger partial charge in [-0.25, -0.2) is 0 Å². The number of carbonyl (C=O) groups is 1. The van der Waals surface area contributed by atoms with E-state index in [0.29, 0.717) is 17.6 Å². The highest BCUT2D eigenvalue weighted by molar-refractivity contribution is 5.99. The number of piperidine rings is 1. The lowest BCUT2D eigenvalue weighted by Crippen LogP contribution is -2.39. The fraction of sp³-hybridized carbons (Fsp3) is 0.588. The summed E-state index contributed by atoms with van der Waals surface area (Å²) >= 11 is 0. The summed E-state index contributed by atoms with van der Waals surface area (Å²) < 4.78 is 0. The number of Topliss-reactive ketones (excluding diaryl/α,β-unsaturated/α-hetero) is 1. The second-order valence-corrected chi connectivity index (χ2v) is 6.16. The Morgan fingerprint density at radius 3 is 2.68 bits per heavy atom. The van der Waals surface area contributed by atoms with Crippen LogP contribution in [0.3, 0.4) is 0 Å². The second-order valence-electron chi connectivity index (χ2n) is 6.16. The van der Waals surface area contributed by atoms with E-state index in [1.807, 2.05) is 12.1 Å². The number of rotatable bonds is 3. The third kappa shape index (κ3) is 2.46. The highest BCUT2D eigenvalue weighted by Gasteiger charge is 2.31. The lowest BCUT2D eigenvalue weighted by Gasteiger charge is -2.31. The number of benzene rings is 1. The highest BCUT2D eigenvalue weighted by atomic mass is 16.1. The summed E-state index contributed by atoms with van der Waals surface area (Å²) in [6.45, 7) is 4.15. The Balaban J connectivity index is 1.86. The Hall–Kier alpha value is -1.15. The molecule has 0 aromatic heterocycles. The van der Waals surface area contributed by atoms with Crippen LogP contribution >= 0.6 is 0 Å². The van der Waals surface area contributed by atoms with E-state index < -0.39 is 0 Å². The van der Waals surface area contributed by atoms with Gasteiger partial charge in [-0.15, -0.1) is 0 Å². The van der Waals surface area contributed by atoms with E-state index in [2.05, 4.69) is 24.4 Å². The quantitative estimate of drug-likeness (QED) is 0.841. The Morgan fingerprint density at radius 2 is 2.00 bits per heavy atom. The maximum atomic E-state index is 12.8. The zero-order valence-electron chi connectivity index (χ0n) is 11.7. The van der Waals surface area contributed by atoms with Gasteiger partial charge in [0.15, 0.2) is 5.78 Å². The summed E-state index contributed by atoms with van der Waals surface area (Å²) in [5.74, 6) is 1.69. The predicted molar refractivity (Wildman–Crippen MR) is 77.5 cm³/mol. The van der Waals surface area contributed by atoms with Gasteiger partial charge in [0.2, 0.25) is 0 Å². The van der Waals surface area contributed by atoms with Crippen LogP contribution in [0.2, 0.25) is 0 Å². The zero-order valence-corrected chi connectivity index (χ0v) is 11.7. The van der Waals surface area contributed by atoms with E-state index in [1.165, 1.54) is 24.8 Å². The van der Waals surface area contributed by atoms with Gasteiger partial charge in [-0.1, -0.05) is 37.6 Å². The first-order valence-corrected chi connectivity index (χ1v) is 7.61. The van der Waals surface area contributed by atoms with Crippen LogP contribution in [0.25, 0.3) is 0 Å². The molecule has 1 saturated heterocycles. The van der Waals surface area contributed by atoms with Crippen molar-refractivity contribution < 1.29 is 4.79 Å². The third-order valence-electron chi connectivity index (χ3n) is 4.89. The van der Waals surface area contributed by atoms with Crippen molar-refractivity contribution in [3.05, 3.63) is 35.4 Å². The molecule has 2 aliphatic rings. The molecule has 19 heavy (non-hydrogen) atoms. The maximum absolute atomic E-state index is 12.8. The predicted octanol–water partition coefficient (Wildman–Crippen LogP) is 3.38. The fourth-order valence-electron chi connectivity index (χ4n) is 3.40. The van der Waals surface area contributed by atoms with Crippen molar-refractivity contribution in [2.45, 2.75) is 38.5 Å². The molecule has 0 radical (unpaired) electrons.